The molecule has 6 nitrogen and oxygen atoms in total. The van der Waals surface area contributed by atoms with E-state index in [9.17, 15) is 4.79 Å². The van der Waals surface area contributed by atoms with Crippen LogP contribution in [0.25, 0.3) is 0 Å². The van der Waals surface area contributed by atoms with Gasteiger partial charge in [0.05, 0.1) is 12.0 Å². The lowest BCUT2D eigenvalue weighted by atomic mass is 9.98. The Bertz CT molecular complexity index is 705. The van der Waals surface area contributed by atoms with Gasteiger partial charge in [-0.1, -0.05) is 62.2 Å². The van der Waals surface area contributed by atoms with Crippen molar-refractivity contribution >= 4 is 5.91 Å². The van der Waals surface area contributed by atoms with Gasteiger partial charge < -0.3 is 15.6 Å². The molecule has 2 aromatic rings. The van der Waals surface area contributed by atoms with Gasteiger partial charge in [0.1, 0.15) is 6.04 Å². The molecule has 6 heteroatoms. The van der Waals surface area contributed by atoms with E-state index in [1.807, 2.05) is 44.2 Å². The van der Waals surface area contributed by atoms with Crippen LogP contribution in [0.2, 0.25) is 0 Å². The highest BCUT2D eigenvalue weighted by atomic mass is 16.5. The summed E-state index contributed by atoms with van der Waals surface area (Å²) >= 11 is 0. The maximum Gasteiger partial charge on any atom is 0.249 e. The lowest BCUT2D eigenvalue weighted by molar-refractivity contribution is -0.121. The number of nitrogens with zero attached hydrogens (tertiary/aromatic N) is 2. The average molecular weight is 342 g/mol. The van der Waals surface area contributed by atoms with Crippen molar-refractivity contribution in [2.75, 3.05) is 0 Å². The maximum absolute atomic E-state index is 12.4. The fraction of sp³-hybridized carbons (Fsp3) is 0.526. The molecule has 1 fully saturated rings. The monoisotopic (exact) mass is 342 g/mol. The Hall–Kier alpha value is -2.21. The summed E-state index contributed by atoms with van der Waals surface area (Å²) < 4.78 is 5.46. The third-order valence-electron chi connectivity index (χ3n) is 4.84. The molecule has 1 aromatic carbocycles. The molecule has 1 atom stereocenters. The van der Waals surface area contributed by atoms with Gasteiger partial charge in [0.15, 0.2) is 5.82 Å². The van der Waals surface area contributed by atoms with Crippen molar-refractivity contribution in [2.45, 2.75) is 57.5 Å². The molecule has 134 valence electrons. The SMILES string of the molecule is CC(C)C(NC(=O)Cc1ccccc1)c1nc(C2(N)CCCC2)no1. The van der Waals surface area contributed by atoms with E-state index in [-0.39, 0.29) is 17.9 Å². The van der Waals surface area contributed by atoms with Crippen molar-refractivity contribution in [3.63, 3.8) is 0 Å². The van der Waals surface area contributed by atoms with E-state index in [0.717, 1.165) is 31.2 Å². The molecule has 0 bridgehead atoms. The molecule has 1 unspecified atom stereocenters. The van der Waals surface area contributed by atoms with Gasteiger partial charge in [-0.05, 0) is 24.3 Å². The summed E-state index contributed by atoms with van der Waals surface area (Å²) in [6.45, 7) is 4.04. The minimum absolute atomic E-state index is 0.0621. The van der Waals surface area contributed by atoms with Gasteiger partial charge in [-0.2, -0.15) is 4.98 Å². The molecule has 1 saturated carbocycles. The van der Waals surface area contributed by atoms with Gasteiger partial charge in [0, 0.05) is 0 Å². The van der Waals surface area contributed by atoms with Crippen LogP contribution in [-0.4, -0.2) is 16.0 Å². The van der Waals surface area contributed by atoms with Gasteiger partial charge in [-0.25, -0.2) is 0 Å². The first kappa shape index (κ1) is 17.6. The van der Waals surface area contributed by atoms with E-state index in [4.69, 9.17) is 10.3 Å². The third-order valence-corrected chi connectivity index (χ3v) is 4.84. The third kappa shape index (κ3) is 4.07. The lowest BCUT2D eigenvalue weighted by Crippen LogP contribution is -2.35. The smallest absolute Gasteiger partial charge is 0.249 e. The van der Waals surface area contributed by atoms with Crippen LogP contribution >= 0.6 is 0 Å². The van der Waals surface area contributed by atoms with E-state index >= 15 is 0 Å². The van der Waals surface area contributed by atoms with E-state index < -0.39 is 5.54 Å². The van der Waals surface area contributed by atoms with Gasteiger partial charge in [-0.15, -0.1) is 0 Å². The Labute approximate surface area is 148 Å². The number of benzene rings is 1. The summed E-state index contributed by atoms with van der Waals surface area (Å²) in [6, 6.07) is 9.34. The van der Waals surface area contributed by atoms with Gasteiger partial charge >= 0.3 is 0 Å². The number of carbonyl (C=O) groups is 1. The van der Waals surface area contributed by atoms with Crippen LogP contribution in [0.3, 0.4) is 0 Å². The molecule has 0 radical (unpaired) electrons. The van der Waals surface area contributed by atoms with Crippen LogP contribution in [0.4, 0.5) is 0 Å². The van der Waals surface area contributed by atoms with Crippen molar-refractivity contribution in [2.24, 2.45) is 11.7 Å². The fourth-order valence-corrected chi connectivity index (χ4v) is 3.31. The van der Waals surface area contributed by atoms with Crippen molar-refractivity contribution in [3.05, 3.63) is 47.6 Å². The molecule has 1 amide bonds. The first-order valence-electron chi connectivity index (χ1n) is 8.94. The molecule has 25 heavy (non-hydrogen) atoms. The standard InChI is InChI=1S/C19H26N4O2/c1-13(2)16(21-15(24)12-14-8-4-3-5-9-14)17-22-18(23-25-17)19(20)10-6-7-11-19/h3-5,8-9,13,16H,6-7,10-12,20H2,1-2H3,(H,21,24). The van der Waals surface area contributed by atoms with E-state index in [2.05, 4.69) is 15.5 Å². The number of hydrogen-bond acceptors (Lipinski definition) is 5. The van der Waals surface area contributed by atoms with Crippen LogP contribution in [-0.2, 0) is 16.8 Å². The normalized spacial score (nSPS) is 17.6. The lowest BCUT2D eigenvalue weighted by Gasteiger charge is -2.19. The Kier molecular flexibility index (Phi) is 5.18. The fourth-order valence-electron chi connectivity index (χ4n) is 3.31. The summed E-state index contributed by atoms with van der Waals surface area (Å²) in [4.78, 5) is 16.9. The second-order valence-corrected chi connectivity index (χ2v) is 7.27. The molecule has 1 heterocycles. The van der Waals surface area contributed by atoms with Crippen LogP contribution in [0.5, 0.6) is 0 Å². The Morgan fingerprint density at radius 2 is 1.96 bits per heavy atom. The predicted molar refractivity (Wildman–Crippen MR) is 94.5 cm³/mol. The summed E-state index contributed by atoms with van der Waals surface area (Å²) in [5.74, 6) is 1.06. The minimum atomic E-state index is -0.489. The van der Waals surface area contributed by atoms with Crippen LogP contribution < -0.4 is 11.1 Å². The molecule has 3 N–H and O–H groups in total. The summed E-state index contributed by atoms with van der Waals surface area (Å²) in [5.41, 5.74) is 6.89. The van der Waals surface area contributed by atoms with Crippen LogP contribution in [0.1, 0.15) is 62.9 Å². The van der Waals surface area contributed by atoms with E-state index in [1.165, 1.54) is 0 Å². The molecule has 1 aromatic heterocycles. The average Bonchev–Trinajstić information content (AvgIpc) is 3.23. The largest absolute Gasteiger partial charge is 0.344 e. The summed E-state index contributed by atoms with van der Waals surface area (Å²) in [5, 5.41) is 7.12. The summed E-state index contributed by atoms with van der Waals surface area (Å²) in [6.07, 6.45) is 4.24. The van der Waals surface area contributed by atoms with E-state index in [0.29, 0.717) is 18.1 Å². The number of nitrogens with two attached hydrogens (primary N) is 1. The number of amides is 1. The Morgan fingerprint density at radius 3 is 2.60 bits per heavy atom. The molecular weight excluding hydrogens is 316 g/mol. The van der Waals surface area contributed by atoms with Gasteiger partial charge in [-0.3, -0.25) is 4.79 Å². The molecular formula is C19H26N4O2. The van der Waals surface area contributed by atoms with Crippen LogP contribution in [0.15, 0.2) is 34.9 Å². The quantitative estimate of drug-likeness (QED) is 0.842. The zero-order valence-corrected chi connectivity index (χ0v) is 14.9. The predicted octanol–water partition coefficient (Wildman–Crippen LogP) is 2.85. The molecule has 0 spiro atoms. The minimum Gasteiger partial charge on any atom is -0.344 e. The first-order valence-corrected chi connectivity index (χ1v) is 8.94. The molecule has 3 rings (SSSR count). The Morgan fingerprint density at radius 1 is 1.28 bits per heavy atom. The second-order valence-electron chi connectivity index (χ2n) is 7.27. The highest BCUT2D eigenvalue weighted by molar-refractivity contribution is 5.78. The van der Waals surface area contributed by atoms with E-state index in [1.54, 1.807) is 0 Å². The highest BCUT2D eigenvalue weighted by Crippen LogP contribution is 2.35. The molecule has 0 aliphatic heterocycles. The summed E-state index contributed by atoms with van der Waals surface area (Å²) in [7, 11) is 0. The van der Waals surface area contributed by atoms with Gasteiger partial charge in [0.2, 0.25) is 11.8 Å². The molecule has 1 aliphatic rings. The number of hydrogen-bond donors (Lipinski definition) is 2. The van der Waals surface area contributed by atoms with Crippen molar-refractivity contribution in [1.82, 2.24) is 15.5 Å². The molecule has 1 aliphatic carbocycles. The second kappa shape index (κ2) is 7.35. The molecule has 0 saturated heterocycles. The zero-order chi connectivity index (χ0) is 17.9. The number of nitrogens with one attached hydrogen (secondary N) is 1. The maximum atomic E-state index is 12.4. The number of carbonyl (C=O) groups excluding carboxylic acids is 1. The van der Waals surface area contributed by atoms with Crippen molar-refractivity contribution < 1.29 is 9.32 Å². The first-order chi connectivity index (χ1) is 12.0. The van der Waals surface area contributed by atoms with Crippen molar-refractivity contribution in [3.8, 4) is 0 Å². The number of rotatable bonds is 6. The van der Waals surface area contributed by atoms with Gasteiger partial charge in [0.25, 0.3) is 0 Å². The Balaban J connectivity index is 1.71. The topological polar surface area (TPSA) is 94.0 Å². The van der Waals surface area contributed by atoms with Crippen molar-refractivity contribution in [1.29, 1.82) is 0 Å². The van der Waals surface area contributed by atoms with Crippen LogP contribution in [0, 0.1) is 5.92 Å². The highest BCUT2D eigenvalue weighted by Gasteiger charge is 2.37. The number of aromatic nitrogens is 2. The zero-order valence-electron chi connectivity index (χ0n) is 14.9.